The molecule has 1 aromatic carbocycles. The second kappa shape index (κ2) is 10.8. The molecule has 1 saturated heterocycles. The predicted molar refractivity (Wildman–Crippen MR) is 144 cm³/mol. The van der Waals surface area contributed by atoms with Crippen molar-refractivity contribution in [2.75, 3.05) is 19.6 Å². The zero-order valence-electron chi connectivity index (χ0n) is 22.3. The van der Waals surface area contributed by atoms with Crippen LogP contribution in [0.2, 0.25) is 16.6 Å². The molecule has 7 heteroatoms. The average Bonchev–Trinajstić information content (AvgIpc) is 3.21. The van der Waals surface area contributed by atoms with Crippen LogP contribution in [-0.4, -0.2) is 48.0 Å². The van der Waals surface area contributed by atoms with E-state index in [1.54, 1.807) is 11.3 Å². The molecule has 0 bridgehead atoms. The predicted octanol–water partition coefficient (Wildman–Crippen LogP) is 6.33. The van der Waals surface area contributed by atoms with Gasteiger partial charge in [0.1, 0.15) is 16.4 Å². The number of hydrogen-bond acceptors (Lipinski definition) is 6. The van der Waals surface area contributed by atoms with Gasteiger partial charge in [-0.25, -0.2) is 4.98 Å². The molecule has 5 nitrogen and oxygen atoms in total. The molecule has 1 atom stereocenters. The molecule has 190 valence electrons. The first-order chi connectivity index (χ1) is 15.9. The monoisotopic (exact) mass is 504 g/mol. The first-order valence-corrected chi connectivity index (χ1v) is 15.7. The van der Waals surface area contributed by atoms with Crippen molar-refractivity contribution in [1.29, 1.82) is 0 Å². The van der Waals surface area contributed by atoms with Gasteiger partial charge in [0, 0.05) is 30.7 Å². The van der Waals surface area contributed by atoms with Crippen LogP contribution in [0.15, 0.2) is 24.4 Å². The van der Waals surface area contributed by atoms with Gasteiger partial charge in [-0.15, -0.1) is 11.3 Å². The van der Waals surface area contributed by atoms with Gasteiger partial charge >= 0.3 is 0 Å². The minimum absolute atomic E-state index is 0.517. The number of benzene rings is 1. The van der Waals surface area contributed by atoms with E-state index >= 15 is 0 Å². The van der Waals surface area contributed by atoms with Crippen molar-refractivity contribution in [3.63, 3.8) is 0 Å². The second-order valence-electron chi connectivity index (χ2n) is 11.1. The van der Waals surface area contributed by atoms with Gasteiger partial charge in [0.15, 0.2) is 0 Å². The summed E-state index contributed by atoms with van der Waals surface area (Å²) in [6.45, 7) is 20.0. The van der Waals surface area contributed by atoms with Gasteiger partial charge in [-0.1, -0.05) is 47.6 Å². The molecular weight excluding hydrogens is 460 g/mol. The maximum Gasteiger partial charge on any atom is 0.258 e. The molecule has 3 rings (SSSR count). The molecule has 2 N–H and O–H groups in total. The quantitative estimate of drug-likeness (QED) is 0.391. The molecule has 0 radical (unpaired) electrons. The van der Waals surface area contributed by atoms with Gasteiger partial charge in [-0.05, 0) is 66.6 Å². The highest BCUT2D eigenvalue weighted by Crippen LogP contribution is 2.43. The fourth-order valence-corrected chi connectivity index (χ4v) is 12.0. The van der Waals surface area contributed by atoms with E-state index in [1.807, 2.05) is 19.2 Å². The minimum Gasteiger partial charge on any atom is -0.543 e. The summed E-state index contributed by atoms with van der Waals surface area (Å²) in [7, 11) is -2.02. The summed E-state index contributed by atoms with van der Waals surface area (Å²) >= 11 is 1.58. The number of β-amino-alcohol motifs (C(OH)–C–C–N with tert-alkyl or cyclic N) is 1. The highest BCUT2D eigenvalue weighted by atomic mass is 32.1. The number of aliphatic hydroxyl groups excluding tert-OH is 1. The fraction of sp³-hybridized carbons (Fsp3) is 0.667. The highest BCUT2D eigenvalue weighted by molar-refractivity contribution is 7.11. The van der Waals surface area contributed by atoms with Crippen LogP contribution in [-0.2, 0) is 5.60 Å². The highest BCUT2D eigenvalue weighted by Gasteiger charge is 2.47. The van der Waals surface area contributed by atoms with E-state index in [0.717, 1.165) is 39.9 Å². The van der Waals surface area contributed by atoms with Crippen LogP contribution in [0.5, 0.6) is 5.75 Å². The first kappa shape index (κ1) is 27.3. The molecule has 0 amide bonds. The Morgan fingerprint density at radius 2 is 1.65 bits per heavy atom. The Balaban J connectivity index is 1.66. The van der Waals surface area contributed by atoms with Gasteiger partial charge in [-0.2, -0.15) is 0 Å². The topological polar surface area (TPSA) is 65.8 Å². The summed E-state index contributed by atoms with van der Waals surface area (Å²) in [5.41, 5.74) is 2.72. The van der Waals surface area contributed by atoms with Crippen molar-refractivity contribution in [1.82, 2.24) is 9.88 Å². The van der Waals surface area contributed by atoms with E-state index in [2.05, 4.69) is 70.5 Å². The maximum atomic E-state index is 11.0. The second-order valence-corrected chi connectivity index (χ2v) is 17.7. The number of aromatic nitrogens is 1. The first-order valence-electron chi connectivity index (χ1n) is 12.7. The number of hydrogen-bond donors (Lipinski definition) is 2. The molecule has 0 aliphatic carbocycles. The van der Waals surface area contributed by atoms with Crippen LogP contribution in [0.25, 0.3) is 0 Å². The Morgan fingerprint density at radius 1 is 1.06 bits per heavy atom. The van der Waals surface area contributed by atoms with Crippen molar-refractivity contribution in [2.45, 2.75) is 96.6 Å². The number of aliphatic hydroxyl groups is 2. The summed E-state index contributed by atoms with van der Waals surface area (Å²) in [5, 5.41) is 22.9. The van der Waals surface area contributed by atoms with Crippen molar-refractivity contribution in [3.8, 4) is 5.75 Å². The third-order valence-corrected chi connectivity index (χ3v) is 14.8. The summed E-state index contributed by atoms with van der Waals surface area (Å²) in [5.74, 6) is 0.959. The molecule has 2 aromatic rings. The van der Waals surface area contributed by atoms with E-state index in [4.69, 9.17) is 4.43 Å². The molecular formula is C27H44N2O3SSi. The molecule has 1 aliphatic heterocycles. The summed E-state index contributed by atoms with van der Waals surface area (Å²) in [4.78, 5) is 7.78. The number of aryl methyl sites for hydroxylation is 2. The largest absolute Gasteiger partial charge is 0.543 e. The third kappa shape index (κ3) is 5.59. The number of likely N-dealkylation sites (tertiary alicyclic amines) is 1. The van der Waals surface area contributed by atoms with Gasteiger partial charge in [0.2, 0.25) is 0 Å². The number of thiazole rings is 1. The Kier molecular flexibility index (Phi) is 8.67. The maximum absolute atomic E-state index is 11.0. The number of piperidine rings is 1. The van der Waals surface area contributed by atoms with E-state index in [1.165, 1.54) is 0 Å². The molecule has 2 heterocycles. The Labute approximate surface area is 211 Å². The lowest BCUT2D eigenvalue weighted by molar-refractivity contribution is -0.0345. The number of rotatable bonds is 9. The Morgan fingerprint density at radius 3 is 2.12 bits per heavy atom. The average molecular weight is 505 g/mol. The van der Waals surface area contributed by atoms with E-state index in [9.17, 15) is 10.2 Å². The standard InChI is InChI=1S/C27H44N2O3SSi/c1-18(2)34(19(3)4,20(5)6)32-25-10-9-23(15-21(25)7)24(30)17-29-13-11-27(31,12-14-29)26-28-16-22(8)33-26/h9-10,15-16,18-20,24,30-31H,11-14,17H2,1-8H3. The van der Waals surface area contributed by atoms with Gasteiger partial charge in [-0.3, -0.25) is 0 Å². The van der Waals surface area contributed by atoms with Crippen molar-refractivity contribution < 1.29 is 14.6 Å². The van der Waals surface area contributed by atoms with Crippen LogP contribution < -0.4 is 4.43 Å². The lowest BCUT2D eigenvalue weighted by Crippen LogP contribution is -2.50. The van der Waals surface area contributed by atoms with Crippen molar-refractivity contribution >= 4 is 19.7 Å². The van der Waals surface area contributed by atoms with E-state index in [0.29, 0.717) is 36.0 Å². The van der Waals surface area contributed by atoms with Crippen LogP contribution in [0, 0.1) is 13.8 Å². The van der Waals surface area contributed by atoms with Crippen LogP contribution in [0.4, 0.5) is 0 Å². The number of nitrogens with zero attached hydrogens (tertiary/aromatic N) is 2. The zero-order valence-corrected chi connectivity index (χ0v) is 24.1. The smallest absolute Gasteiger partial charge is 0.258 e. The molecule has 0 spiro atoms. The normalized spacial score (nSPS) is 18.1. The molecule has 0 saturated carbocycles. The molecule has 1 aliphatic rings. The third-order valence-electron chi connectivity index (χ3n) is 7.71. The van der Waals surface area contributed by atoms with Crippen LogP contribution >= 0.6 is 11.3 Å². The summed E-state index contributed by atoms with van der Waals surface area (Å²) in [6, 6.07) is 6.16. The lowest BCUT2D eigenvalue weighted by atomic mass is 9.91. The minimum atomic E-state index is -2.02. The molecule has 1 fully saturated rings. The molecule has 1 aromatic heterocycles. The van der Waals surface area contributed by atoms with Gasteiger partial charge < -0.3 is 19.5 Å². The van der Waals surface area contributed by atoms with Crippen LogP contribution in [0.3, 0.4) is 0 Å². The SMILES string of the molecule is Cc1cnc(C2(O)CCN(CC(O)c3ccc(O[Si](C(C)C)(C(C)C)C(C)C)c(C)c3)CC2)s1. The zero-order chi connectivity index (χ0) is 25.3. The summed E-state index contributed by atoms with van der Waals surface area (Å²) in [6.07, 6.45) is 2.55. The Hall–Kier alpha value is -1.25. The summed E-state index contributed by atoms with van der Waals surface area (Å²) < 4.78 is 6.88. The molecule has 1 unspecified atom stereocenters. The molecule has 34 heavy (non-hydrogen) atoms. The van der Waals surface area contributed by atoms with Crippen molar-refractivity contribution in [2.24, 2.45) is 0 Å². The van der Waals surface area contributed by atoms with Crippen LogP contribution in [0.1, 0.15) is 81.5 Å². The fourth-order valence-electron chi connectivity index (χ4n) is 5.78. The van der Waals surface area contributed by atoms with Crippen molar-refractivity contribution in [3.05, 3.63) is 45.4 Å². The van der Waals surface area contributed by atoms with Gasteiger partial charge in [0.25, 0.3) is 8.32 Å². The van der Waals surface area contributed by atoms with E-state index < -0.39 is 20.0 Å². The lowest BCUT2D eigenvalue weighted by Gasteiger charge is -2.42. The van der Waals surface area contributed by atoms with E-state index in [-0.39, 0.29) is 0 Å². The Bertz CT molecular complexity index is 929. The van der Waals surface area contributed by atoms with Gasteiger partial charge in [0.05, 0.1) is 6.10 Å².